The van der Waals surface area contributed by atoms with Gasteiger partial charge >= 0.3 is 5.97 Å². The normalized spacial score (nSPS) is 16.8. The fraction of sp³-hybridized carbons (Fsp3) is 0.267. The fourth-order valence-corrected chi connectivity index (χ4v) is 4.73. The predicted octanol–water partition coefficient (Wildman–Crippen LogP) is 5.49. The number of rotatable bonds is 7. The number of hydrogen-bond acceptors (Lipinski definition) is 7. The zero-order valence-corrected chi connectivity index (χ0v) is 22.9. The van der Waals surface area contributed by atoms with Crippen molar-refractivity contribution in [3.63, 3.8) is 0 Å². The standard InChI is InChI=1S/C30H28ClN3O6/c1-3-39-30(37)20-5-4-6-22(15-20)34-29(36)24(18(2)33-34)17-23-8-10-27(40-23)19-7-9-26(31)25(16-19)28(35)32-21-11-13-38-14-12-21/h4-10,15-17,21H,3,11-14H2,1-2H3,(H,32,35)/b24-17-. The van der Waals surface area contributed by atoms with Crippen molar-refractivity contribution in [3.05, 3.63) is 82.1 Å². The summed E-state index contributed by atoms with van der Waals surface area (Å²) in [4.78, 5) is 38.3. The molecule has 3 aromatic rings. The number of nitrogens with zero attached hydrogens (tertiary/aromatic N) is 2. The molecule has 9 nitrogen and oxygen atoms in total. The summed E-state index contributed by atoms with van der Waals surface area (Å²) < 4.78 is 16.4. The molecule has 0 bridgehead atoms. The minimum atomic E-state index is -0.470. The number of ether oxygens (including phenoxy) is 2. The largest absolute Gasteiger partial charge is 0.462 e. The first-order valence-corrected chi connectivity index (χ1v) is 13.4. The first kappa shape index (κ1) is 27.4. The van der Waals surface area contributed by atoms with Crippen LogP contribution in [0.15, 0.2) is 69.7 Å². The van der Waals surface area contributed by atoms with E-state index in [1.807, 2.05) is 0 Å². The van der Waals surface area contributed by atoms with E-state index in [1.165, 1.54) is 5.01 Å². The Hall–Kier alpha value is -4.21. The van der Waals surface area contributed by atoms with Gasteiger partial charge in [0.25, 0.3) is 11.8 Å². The zero-order chi connectivity index (χ0) is 28.2. The predicted molar refractivity (Wildman–Crippen MR) is 151 cm³/mol. The van der Waals surface area contributed by atoms with Crippen molar-refractivity contribution in [2.45, 2.75) is 32.7 Å². The summed E-state index contributed by atoms with van der Waals surface area (Å²) in [7, 11) is 0. The van der Waals surface area contributed by atoms with Gasteiger partial charge in [0.15, 0.2) is 0 Å². The molecule has 0 unspecified atom stereocenters. The van der Waals surface area contributed by atoms with Gasteiger partial charge in [-0.3, -0.25) is 9.59 Å². The third-order valence-electron chi connectivity index (χ3n) is 6.63. The van der Waals surface area contributed by atoms with Crippen LogP contribution >= 0.6 is 11.6 Å². The van der Waals surface area contributed by atoms with E-state index in [9.17, 15) is 14.4 Å². The summed E-state index contributed by atoms with van der Waals surface area (Å²) in [6.07, 6.45) is 3.14. The second-order valence-electron chi connectivity index (χ2n) is 9.39. The summed E-state index contributed by atoms with van der Waals surface area (Å²) in [6.45, 7) is 4.95. The lowest BCUT2D eigenvalue weighted by atomic mass is 10.1. The number of carbonyl (C=O) groups excluding carboxylic acids is 3. The molecule has 1 aromatic heterocycles. The molecule has 3 heterocycles. The van der Waals surface area contributed by atoms with Crippen LogP contribution in [0, 0.1) is 0 Å². The molecule has 5 rings (SSSR count). The number of anilines is 1. The van der Waals surface area contributed by atoms with E-state index in [4.69, 9.17) is 25.5 Å². The Morgan fingerprint density at radius 2 is 1.95 bits per heavy atom. The molecule has 0 radical (unpaired) electrons. The number of amides is 2. The van der Waals surface area contributed by atoms with Gasteiger partial charge in [-0.1, -0.05) is 17.7 Å². The summed E-state index contributed by atoms with van der Waals surface area (Å²) in [5, 5.41) is 9.01. The summed E-state index contributed by atoms with van der Waals surface area (Å²) in [5.41, 5.74) is 2.67. The number of esters is 1. The Balaban J connectivity index is 1.34. The van der Waals surface area contributed by atoms with Gasteiger partial charge < -0.3 is 19.2 Å². The van der Waals surface area contributed by atoms with Crippen LogP contribution in [0.1, 0.15) is 53.2 Å². The molecule has 206 valence electrons. The topological polar surface area (TPSA) is 110 Å². The van der Waals surface area contributed by atoms with Crippen molar-refractivity contribution in [2.75, 3.05) is 24.8 Å². The summed E-state index contributed by atoms with van der Waals surface area (Å²) >= 11 is 6.35. The van der Waals surface area contributed by atoms with Gasteiger partial charge in [-0.05, 0) is 81.3 Å². The van der Waals surface area contributed by atoms with E-state index in [1.54, 1.807) is 74.5 Å². The van der Waals surface area contributed by atoms with Crippen LogP contribution in [-0.2, 0) is 14.3 Å². The molecule has 40 heavy (non-hydrogen) atoms. The number of carbonyl (C=O) groups is 3. The van der Waals surface area contributed by atoms with Crippen LogP contribution in [0.4, 0.5) is 5.69 Å². The lowest BCUT2D eigenvalue weighted by molar-refractivity contribution is -0.114. The molecule has 1 N–H and O–H groups in total. The van der Waals surface area contributed by atoms with Gasteiger partial charge in [0.2, 0.25) is 0 Å². The van der Waals surface area contributed by atoms with Crippen LogP contribution in [-0.4, -0.2) is 49.4 Å². The molecular formula is C30H28ClN3O6. The van der Waals surface area contributed by atoms with Crippen molar-refractivity contribution in [1.29, 1.82) is 0 Å². The maximum absolute atomic E-state index is 13.2. The molecule has 0 spiro atoms. The van der Waals surface area contributed by atoms with E-state index in [-0.39, 0.29) is 24.5 Å². The highest BCUT2D eigenvalue weighted by Gasteiger charge is 2.29. The van der Waals surface area contributed by atoms with Gasteiger partial charge in [0, 0.05) is 24.8 Å². The fourth-order valence-electron chi connectivity index (χ4n) is 4.52. The Kier molecular flexibility index (Phi) is 8.14. The van der Waals surface area contributed by atoms with E-state index < -0.39 is 5.97 Å². The number of nitrogens with one attached hydrogen (secondary N) is 1. The van der Waals surface area contributed by atoms with Crippen LogP contribution < -0.4 is 10.3 Å². The van der Waals surface area contributed by atoms with E-state index >= 15 is 0 Å². The van der Waals surface area contributed by atoms with Crippen molar-refractivity contribution >= 4 is 46.9 Å². The SMILES string of the molecule is CCOC(=O)c1cccc(N2N=C(C)/C(=C/c3ccc(-c4ccc(Cl)c(C(=O)NC5CCOCC5)c4)o3)C2=O)c1. The highest BCUT2D eigenvalue weighted by molar-refractivity contribution is 6.34. The monoisotopic (exact) mass is 561 g/mol. The number of benzene rings is 2. The molecule has 10 heteroatoms. The first-order valence-electron chi connectivity index (χ1n) is 13.0. The third-order valence-corrected chi connectivity index (χ3v) is 6.96. The highest BCUT2D eigenvalue weighted by Crippen LogP contribution is 2.30. The second-order valence-corrected chi connectivity index (χ2v) is 9.80. The molecule has 0 aliphatic carbocycles. The van der Waals surface area contributed by atoms with E-state index in [2.05, 4.69) is 10.4 Å². The van der Waals surface area contributed by atoms with Crippen molar-refractivity contribution < 1.29 is 28.3 Å². The van der Waals surface area contributed by atoms with Crippen molar-refractivity contribution in [2.24, 2.45) is 5.10 Å². The van der Waals surface area contributed by atoms with Gasteiger partial charge in [0.1, 0.15) is 11.5 Å². The number of halogens is 1. The molecule has 0 atom stereocenters. The maximum atomic E-state index is 13.2. The van der Waals surface area contributed by atoms with Gasteiger partial charge in [-0.15, -0.1) is 0 Å². The Morgan fingerprint density at radius 1 is 1.15 bits per heavy atom. The van der Waals surface area contributed by atoms with Crippen LogP contribution in [0.3, 0.4) is 0 Å². The van der Waals surface area contributed by atoms with Crippen LogP contribution in [0.25, 0.3) is 17.4 Å². The minimum absolute atomic E-state index is 0.0452. The highest BCUT2D eigenvalue weighted by atomic mass is 35.5. The number of hydrogen-bond donors (Lipinski definition) is 1. The molecule has 2 amide bonds. The molecule has 1 saturated heterocycles. The Bertz CT molecular complexity index is 1520. The maximum Gasteiger partial charge on any atom is 0.338 e. The number of hydrazone groups is 1. The molecular weight excluding hydrogens is 534 g/mol. The first-order chi connectivity index (χ1) is 19.3. The minimum Gasteiger partial charge on any atom is -0.462 e. The average Bonchev–Trinajstić information content (AvgIpc) is 3.54. The third kappa shape index (κ3) is 5.85. The van der Waals surface area contributed by atoms with E-state index in [0.717, 1.165) is 12.8 Å². The molecule has 2 aromatic carbocycles. The quantitative estimate of drug-likeness (QED) is 0.301. The Morgan fingerprint density at radius 3 is 2.73 bits per heavy atom. The second kappa shape index (κ2) is 11.9. The van der Waals surface area contributed by atoms with Gasteiger partial charge in [-0.25, -0.2) is 4.79 Å². The number of furan rings is 1. The lowest BCUT2D eigenvalue weighted by Crippen LogP contribution is -2.39. The average molecular weight is 562 g/mol. The molecule has 2 aliphatic heterocycles. The van der Waals surface area contributed by atoms with Gasteiger partial charge in [-0.2, -0.15) is 10.1 Å². The summed E-state index contributed by atoms with van der Waals surface area (Å²) in [5.74, 6) is -0.110. The lowest BCUT2D eigenvalue weighted by Gasteiger charge is -2.23. The van der Waals surface area contributed by atoms with Gasteiger partial charge in [0.05, 0.1) is 39.7 Å². The van der Waals surface area contributed by atoms with E-state index in [0.29, 0.717) is 63.4 Å². The summed E-state index contributed by atoms with van der Waals surface area (Å²) in [6, 6.07) is 15.2. The zero-order valence-electron chi connectivity index (χ0n) is 22.1. The van der Waals surface area contributed by atoms with Crippen LogP contribution in [0.5, 0.6) is 0 Å². The smallest absolute Gasteiger partial charge is 0.338 e. The van der Waals surface area contributed by atoms with Crippen LogP contribution in [0.2, 0.25) is 5.02 Å². The molecule has 0 saturated carbocycles. The molecule has 1 fully saturated rings. The van der Waals surface area contributed by atoms with Crippen molar-refractivity contribution in [1.82, 2.24) is 5.32 Å². The molecule has 2 aliphatic rings. The van der Waals surface area contributed by atoms with Crippen molar-refractivity contribution in [3.8, 4) is 11.3 Å². The Labute approximate surface area is 236 Å².